The standard InChI is InChI=1S/C18H19F2N3O4S/c19-13-7-11(8-14(20)17(13)27-9-16(22)25)28-6-5-23(10-24)18(26)12-3-1-2-4-15(12)21/h1-4,7-8,10,18,26H,5-6,9,21H2,(H2,22,25). The van der Waals surface area contributed by atoms with Gasteiger partial charge in [0.25, 0.3) is 5.91 Å². The quantitative estimate of drug-likeness (QED) is 0.237. The molecule has 0 radical (unpaired) electrons. The number of nitrogens with zero attached hydrogens (tertiary/aromatic N) is 1. The molecule has 1 atom stereocenters. The summed E-state index contributed by atoms with van der Waals surface area (Å²) in [6, 6.07) is 8.66. The van der Waals surface area contributed by atoms with E-state index < -0.39 is 36.1 Å². The lowest BCUT2D eigenvalue weighted by Gasteiger charge is -2.25. The van der Waals surface area contributed by atoms with Crippen molar-refractivity contribution in [3.8, 4) is 5.75 Å². The number of thioether (sulfide) groups is 1. The molecule has 0 spiro atoms. The molecule has 2 aromatic rings. The van der Waals surface area contributed by atoms with Crippen LogP contribution in [0.2, 0.25) is 0 Å². The molecular weight excluding hydrogens is 392 g/mol. The number of carbonyl (C=O) groups excluding carboxylic acids is 2. The van der Waals surface area contributed by atoms with Crippen molar-refractivity contribution in [3.05, 3.63) is 53.6 Å². The van der Waals surface area contributed by atoms with E-state index in [-0.39, 0.29) is 17.2 Å². The number of rotatable bonds is 10. The number of aliphatic hydroxyl groups is 1. The highest BCUT2D eigenvalue weighted by Crippen LogP contribution is 2.29. The molecule has 7 nitrogen and oxygen atoms in total. The minimum atomic E-state index is -1.24. The number of hydrogen-bond donors (Lipinski definition) is 3. The van der Waals surface area contributed by atoms with Gasteiger partial charge in [-0.2, -0.15) is 0 Å². The second-order valence-electron chi connectivity index (χ2n) is 5.67. The van der Waals surface area contributed by atoms with Crippen LogP contribution in [0.5, 0.6) is 5.75 Å². The van der Waals surface area contributed by atoms with Crippen LogP contribution in [0.3, 0.4) is 0 Å². The molecule has 2 amide bonds. The molecule has 0 aliphatic heterocycles. The van der Waals surface area contributed by atoms with E-state index in [0.717, 1.165) is 28.8 Å². The molecule has 5 N–H and O–H groups in total. The topological polar surface area (TPSA) is 119 Å². The predicted octanol–water partition coefficient (Wildman–Crippen LogP) is 1.65. The van der Waals surface area contributed by atoms with E-state index in [4.69, 9.17) is 16.2 Å². The van der Waals surface area contributed by atoms with Gasteiger partial charge in [0.1, 0.15) is 0 Å². The summed E-state index contributed by atoms with van der Waals surface area (Å²) in [5.74, 6) is -3.25. The molecule has 10 heteroatoms. The average Bonchev–Trinajstić information content (AvgIpc) is 2.64. The lowest BCUT2D eigenvalue weighted by molar-refractivity contribution is -0.127. The Hall–Kier alpha value is -2.85. The van der Waals surface area contributed by atoms with Gasteiger partial charge >= 0.3 is 0 Å². The molecule has 1 unspecified atom stereocenters. The van der Waals surface area contributed by atoms with Crippen molar-refractivity contribution < 1.29 is 28.2 Å². The zero-order valence-electron chi connectivity index (χ0n) is 14.7. The number of halogens is 2. The maximum absolute atomic E-state index is 14.0. The summed E-state index contributed by atoms with van der Waals surface area (Å²) in [7, 11) is 0. The van der Waals surface area contributed by atoms with Crippen LogP contribution in [0.4, 0.5) is 14.5 Å². The fourth-order valence-electron chi connectivity index (χ4n) is 2.33. The first-order valence-electron chi connectivity index (χ1n) is 8.10. The lowest BCUT2D eigenvalue weighted by Crippen LogP contribution is -2.30. The molecule has 0 fully saturated rings. The molecule has 0 aliphatic carbocycles. The van der Waals surface area contributed by atoms with Crippen molar-refractivity contribution in [1.82, 2.24) is 4.90 Å². The Labute approximate surface area is 164 Å². The van der Waals surface area contributed by atoms with E-state index in [1.165, 1.54) is 0 Å². The molecule has 2 aromatic carbocycles. The summed E-state index contributed by atoms with van der Waals surface area (Å²) in [6.45, 7) is -0.540. The van der Waals surface area contributed by atoms with Gasteiger partial charge in [0.15, 0.2) is 30.2 Å². The third kappa shape index (κ3) is 5.57. The number of benzene rings is 2. The van der Waals surface area contributed by atoms with Crippen LogP contribution in [-0.4, -0.2) is 41.2 Å². The minimum Gasteiger partial charge on any atom is -0.478 e. The van der Waals surface area contributed by atoms with Crippen molar-refractivity contribution in [2.24, 2.45) is 5.73 Å². The maximum Gasteiger partial charge on any atom is 0.255 e. The van der Waals surface area contributed by atoms with E-state index in [1.54, 1.807) is 24.3 Å². The normalized spacial score (nSPS) is 11.7. The van der Waals surface area contributed by atoms with Crippen LogP contribution in [-0.2, 0) is 9.59 Å². The van der Waals surface area contributed by atoms with Gasteiger partial charge in [-0.05, 0) is 18.2 Å². The highest BCUT2D eigenvalue weighted by Gasteiger charge is 2.18. The third-order valence-corrected chi connectivity index (χ3v) is 4.63. The van der Waals surface area contributed by atoms with Crippen molar-refractivity contribution in [3.63, 3.8) is 0 Å². The van der Waals surface area contributed by atoms with E-state index >= 15 is 0 Å². The number of aliphatic hydroxyl groups excluding tert-OH is 1. The lowest BCUT2D eigenvalue weighted by atomic mass is 10.1. The molecule has 0 heterocycles. The van der Waals surface area contributed by atoms with Crippen LogP contribution in [0.25, 0.3) is 0 Å². The number of primary amides is 1. The molecule has 28 heavy (non-hydrogen) atoms. The number of anilines is 1. The first-order valence-corrected chi connectivity index (χ1v) is 9.08. The Morgan fingerprint density at radius 2 is 1.93 bits per heavy atom. The molecular formula is C18H19F2N3O4S. The summed E-state index contributed by atoms with van der Waals surface area (Å²) in [4.78, 5) is 23.3. The first kappa shape index (κ1) is 21.5. The van der Waals surface area contributed by atoms with Crippen LogP contribution < -0.4 is 16.2 Å². The Kier molecular flexibility index (Phi) is 7.59. The maximum atomic E-state index is 14.0. The Morgan fingerprint density at radius 3 is 2.50 bits per heavy atom. The van der Waals surface area contributed by atoms with E-state index in [1.807, 2.05) is 0 Å². The predicted molar refractivity (Wildman–Crippen MR) is 100 cm³/mol. The summed E-state index contributed by atoms with van der Waals surface area (Å²) in [5, 5.41) is 10.3. The van der Waals surface area contributed by atoms with E-state index in [2.05, 4.69) is 0 Å². The van der Waals surface area contributed by atoms with Crippen LogP contribution in [0, 0.1) is 11.6 Å². The zero-order chi connectivity index (χ0) is 20.7. The second kappa shape index (κ2) is 9.90. The Morgan fingerprint density at radius 1 is 1.29 bits per heavy atom. The van der Waals surface area contributed by atoms with Crippen molar-refractivity contribution in [1.29, 1.82) is 0 Å². The molecule has 0 aromatic heterocycles. The van der Waals surface area contributed by atoms with Gasteiger partial charge in [-0.25, -0.2) is 8.78 Å². The van der Waals surface area contributed by atoms with Crippen molar-refractivity contribution >= 4 is 29.8 Å². The largest absolute Gasteiger partial charge is 0.478 e. The van der Waals surface area contributed by atoms with Gasteiger partial charge in [-0.3, -0.25) is 9.59 Å². The minimum absolute atomic E-state index is 0.104. The van der Waals surface area contributed by atoms with Crippen LogP contribution in [0.15, 0.2) is 41.3 Å². The van der Waals surface area contributed by atoms with E-state index in [0.29, 0.717) is 17.7 Å². The van der Waals surface area contributed by atoms with Gasteiger partial charge in [0.05, 0.1) is 0 Å². The summed E-state index contributed by atoms with van der Waals surface area (Å²) in [5.41, 5.74) is 11.4. The van der Waals surface area contributed by atoms with Gasteiger partial charge in [0.2, 0.25) is 6.41 Å². The van der Waals surface area contributed by atoms with Crippen LogP contribution >= 0.6 is 11.8 Å². The summed E-state index contributed by atoms with van der Waals surface area (Å²) < 4.78 is 32.6. The molecule has 0 saturated heterocycles. The molecule has 2 rings (SSSR count). The van der Waals surface area contributed by atoms with Gasteiger partial charge in [-0.1, -0.05) is 18.2 Å². The molecule has 0 bridgehead atoms. The first-order chi connectivity index (χ1) is 13.3. The Balaban J connectivity index is 1.98. The Bertz CT molecular complexity index is 830. The summed E-state index contributed by atoms with van der Waals surface area (Å²) >= 11 is 1.07. The van der Waals surface area contributed by atoms with Crippen molar-refractivity contribution in [2.45, 2.75) is 11.1 Å². The monoisotopic (exact) mass is 411 g/mol. The van der Waals surface area contributed by atoms with Gasteiger partial charge in [-0.15, -0.1) is 11.8 Å². The van der Waals surface area contributed by atoms with E-state index in [9.17, 15) is 23.5 Å². The SMILES string of the molecule is NC(=O)COc1c(F)cc(SCCN(C=O)C(O)c2ccccc2N)cc1F. The number of para-hydroxylation sites is 1. The molecule has 0 saturated carbocycles. The fourth-order valence-corrected chi connectivity index (χ4v) is 3.24. The van der Waals surface area contributed by atoms with Crippen LogP contribution in [0.1, 0.15) is 11.8 Å². The van der Waals surface area contributed by atoms with Gasteiger partial charge in [0, 0.05) is 28.4 Å². The third-order valence-electron chi connectivity index (χ3n) is 3.67. The molecule has 0 aliphatic rings. The van der Waals surface area contributed by atoms with Gasteiger partial charge < -0.3 is 26.2 Å². The smallest absolute Gasteiger partial charge is 0.255 e. The number of nitrogen functional groups attached to an aromatic ring is 1. The highest BCUT2D eigenvalue weighted by atomic mass is 32.2. The zero-order valence-corrected chi connectivity index (χ0v) is 15.5. The number of ether oxygens (including phenoxy) is 1. The number of amides is 2. The fraction of sp³-hybridized carbons (Fsp3) is 0.222. The highest BCUT2D eigenvalue weighted by molar-refractivity contribution is 7.99. The number of hydrogen-bond acceptors (Lipinski definition) is 6. The summed E-state index contributed by atoms with van der Waals surface area (Å²) in [6.07, 6.45) is -0.767. The average molecular weight is 411 g/mol. The van der Waals surface area contributed by atoms with Crippen molar-refractivity contribution in [2.75, 3.05) is 24.6 Å². The second-order valence-corrected chi connectivity index (χ2v) is 6.83. The number of carbonyl (C=O) groups is 2. The number of nitrogens with two attached hydrogens (primary N) is 2. The molecule has 150 valence electrons.